The van der Waals surface area contributed by atoms with Gasteiger partial charge in [0.25, 0.3) is 0 Å². The Balaban J connectivity index is 1.20. The largest absolute Gasteiger partial charge is 0.368 e. The van der Waals surface area contributed by atoms with Crippen LogP contribution < -0.4 is 4.90 Å². The van der Waals surface area contributed by atoms with E-state index in [2.05, 4.69) is 117 Å². The molecule has 0 N–H and O–H groups in total. The number of hydrogen-bond acceptors (Lipinski definition) is 3. The van der Waals surface area contributed by atoms with Crippen LogP contribution in [0.25, 0.3) is 21.5 Å². The van der Waals surface area contributed by atoms with Gasteiger partial charge in [-0.3, -0.25) is 4.90 Å². The van der Waals surface area contributed by atoms with E-state index in [1.807, 2.05) is 6.33 Å². The summed E-state index contributed by atoms with van der Waals surface area (Å²) in [4.78, 5) is 9.87. The van der Waals surface area contributed by atoms with Gasteiger partial charge in [-0.05, 0) is 40.3 Å². The molecular formula is C33H36N4. The molecule has 1 saturated heterocycles. The number of aromatic nitrogens is 2. The lowest BCUT2D eigenvalue weighted by Gasteiger charge is -2.43. The van der Waals surface area contributed by atoms with Crippen LogP contribution in [0.3, 0.4) is 0 Å². The first-order chi connectivity index (χ1) is 18.3. The lowest BCUT2D eigenvalue weighted by Crippen LogP contribution is -2.53. The van der Waals surface area contributed by atoms with Crippen LogP contribution >= 0.6 is 0 Å². The van der Waals surface area contributed by atoms with Gasteiger partial charge in [0.2, 0.25) is 0 Å². The molecule has 1 fully saturated rings. The molecule has 1 aliphatic rings. The third-order valence-corrected chi connectivity index (χ3v) is 7.93. The van der Waals surface area contributed by atoms with Crippen LogP contribution in [0.1, 0.15) is 37.4 Å². The van der Waals surface area contributed by atoms with Crippen LogP contribution in [-0.2, 0) is 13.1 Å². The van der Waals surface area contributed by atoms with Gasteiger partial charge in [0, 0.05) is 56.0 Å². The maximum Gasteiger partial charge on any atom is 0.0951 e. The maximum atomic E-state index is 4.56. The lowest BCUT2D eigenvalue weighted by molar-refractivity contribution is 0.154. The average Bonchev–Trinajstić information content (AvgIpc) is 3.38. The summed E-state index contributed by atoms with van der Waals surface area (Å²) in [6.07, 6.45) is 7.79. The van der Waals surface area contributed by atoms with E-state index in [-0.39, 0.29) is 0 Å². The Labute approximate surface area is 220 Å². The van der Waals surface area contributed by atoms with Gasteiger partial charge in [0.1, 0.15) is 0 Å². The molecule has 0 saturated carbocycles. The van der Waals surface area contributed by atoms with Crippen molar-refractivity contribution < 1.29 is 0 Å². The Morgan fingerprint density at radius 1 is 0.811 bits per heavy atom. The molecule has 1 aromatic heterocycles. The first kappa shape index (κ1) is 23.7. The molecule has 0 radical (unpaired) electrons. The maximum absolute atomic E-state index is 4.56. The molecule has 188 valence electrons. The Hall–Kier alpha value is -3.63. The van der Waals surface area contributed by atoms with E-state index in [4.69, 9.17) is 0 Å². The summed E-state index contributed by atoms with van der Waals surface area (Å²) in [5.74, 6) is 0. The van der Waals surface area contributed by atoms with Crippen LogP contribution in [0.4, 0.5) is 5.69 Å². The fraction of sp³-hybridized carbons (Fsp3) is 0.303. The molecular weight excluding hydrogens is 452 g/mol. The third kappa shape index (κ3) is 5.12. The summed E-state index contributed by atoms with van der Waals surface area (Å²) >= 11 is 0. The van der Waals surface area contributed by atoms with Crippen LogP contribution in [0.5, 0.6) is 0 Å². The average molecular weight is 489 g/mol. The van der Waals surface area contributed by atoms with Crippen molar-refractivity contribution >= 4 is 27.2 Å². The Kier molecular flexibility index (Phi) is 6.92. The number of benzene rings is 4. The summed E-state index contributed by atoms with van der Waals surface area (Å²) in [5, 5.41) is 5.28. The second kappa shape index (κ2) is 10.8. The molecule has 1 aliphatic heterocycles. The number of rotatable bonds is 8. The number of hydrogen-bond donors (Lipinski definition) is 0. The van der Waals surface area contributed by atoms with Gasteiger partial charge in [0.15, 0.2) is 0 Å². The first-order valence-electron chi connectivity index (χ1n) is 13.7. The molecule has 0 amide bonds. The van der Waals surface area contributed by atoms with Gasteiger partial charge in [-0.25, -0.2) is 4.98 Å². The van der Waals surface area contributed by atoms with Gasteiger partial charge in [-0.2, -0.15) is 0 Å². The Morgan fingerprint density at radius 2 is 1.62 bits per heavy atom. The van der Waals surface area contributed by atoms with Crippen molar-refractivity contribution in [1.82, 2.24) is 14.5 Å². The normalized spacial score (nSPS) is 16.6. The monoisotopic (exact) mass is 488 g/mol. The summed E-state index contributed by atoms with van der Waals surface area (Å²) in [5.41, 5.74) is 4.00. The summed E-state index contributed by atoms with van der Waals surface area (Å²) in [6.45, 7) is 7.30. The molecule has 4 aromatic carbocycles. The molecule has 0 spiro atoms. The minimum atomic E-state index is 0.539. The third-order valence-electron chi connectivity index (χ3n) is 7.93. The number of nitrogens with zero attached hydrogens (tertiary/aromatic N) is 4. The topological polar surface area (TPSA) is 24.3 Å². The summed E-state index contributed by atoms with van der Waals surface area (Å²) < 4.78 is 2.33. The van der Waals surface area contributed by atoms with E-state index >= 15 is 0 Å². The lowest BCUT2D eigenvalue weighted by atomic mass is 10.0. The van der Waals surface area contributed by atoms with Crippen LogP contribution in [-0.4, -0.2) is 40.1 Å². The Morgan fingerprint density at radius 3 is 2.51 bits per heavy atom. The molecule has 6 rings (SSSR count). The van der Waals surface area contributed by atoms with E-state index in [1.54, 1.807) is 0 Å². The Bertz CT molecular complexity index is 1480. The SMILES string of the molecule is CCCC[C@H]1CN(c2cccc3ccccc23)CCN1Cc1cncn1Cc1ccc2ccccc2c1. The number of unbranched alkanes of at least 4 members (excludes halogenated alkanes) is 1. The first-order valence-corrected chi connectivity index (χ1v) is 13.7. The van der Waals surface area contributed by atoms with Crippen molar-refractivity contribution in [3.63, 3.8) is 0 Å². The smallest absolute Gasteiger partial charge is 0.0951 e. The van der Waals surface area contributed by atoms with E-state index < -0.39 is 0 Å². The fourth-order valence-electron chi connectivity index (χ4n) is 5.88. The second-order valence-electron chi connectivity index (χ2n) is 10.4. The number of fused-ring (bicyclic) bond motifs is 2. The highest BCUT2D eigenvalue weighted by Crippen LogP contribution is 2.30. The molecule has 2 heterocycles. The summed E-state index contributed by atoms with van der Waals surface area (Å²) in [6, 6.07) is 31.4. The van der Waals surface area contributed by atoms with Crippen molar-refractivity contribution in [3.8, 4) is 0 Å². The van der Waals surface area contributed by atoms with Gasteiger partial charge in [0.05, 0.1) is 12.0 Å². The molecule has 1 atom stereocenters. The molecule has 0 aliphatic carbocycles. The number of piperazine rings is 1. The van der Waals surface area contributed by atoms with Gasteiger partial charge in [-0.1, -0.05) is 92.6 Å². The van der Waals surface area contributed by atoms with E-state index in [1.165, 1.54) is 57.8 Å². The van der Waals surface area contributed by atoms with E-state index in [0.29, 0.717) is 6.04 Å². The van der Waals surface area contributed by atoms with E-state index in [9.17, 15) is 0 Å². The quantitative estimate of drug-likeness (QED) is 0.232. The number of anilines is 1. The van der Waals surface area contributed by atoms with Gasteiger partial charge >= 0.3 is 0 Å². The fourth-order valence-corrected chi connectivity index (χ4v) is 5.88. The standard InChI is InChI=1S/C33H36N4/c1-2-3-13-30-23-36(33-15-8-12-28-10-6-7-14-32(28)33)19-18-35(30)24-31-21-34-25-37(31)22-26-16-17-27-9-4-5-11-29(27)20-26/h4-12,14-17,20-21,25,30H,2-3,13,18-19,22-24H2,1H3/t30-/m0/s1. The zero-order chi connectivity index (χ0) is 25.0. The van der Waals surface area contributed by atoms with Crippen molar-refractivity contribution in [1.29, 1.82) is 0 Å². The molecule has 0 bridgehead atoms. The molecule has 5 aromatic rings. The van der Waals surface area contributed by atoms with Crippen LogP contribution in [0.2, 0.25) is 0 Å². The van der Waals surface area contributed by atoms with Crippen molar-refractivity contribution in [2.24, 2.45) is 0 Å². The minimum absolute atomic E-state index is 0.539. The zero-order valence-electron chi connectivity index (χ0n) is 21.8. The van der Waals surface area contributed by atoms with Crippen LogP contribution in [0.15, 0.2) is 97.5 Å². The van der Waals surface area contributed by atoms with Crippen LogP contribution in [0, 0.1) is 0 Å². The second-order valence-corrected chi connectivity index (χ2v) is 10.4. The minimum Gasteiger partial charge on any atom is -0.368 e. The molecule has 4 heteroatoms. The zero-order valence-corrected chi connectivity index (χ0v) is 21.8. The van der Waals surface area contributed by atoms with Crippen molar-refractivity contribution in [3.05, 3.63) is 109 Å². The molecule has 0 unspecified atom stereocenters. The predicted octanol–water partition coefficient (Wildman–Crippen LogP) is 7.12. The highest BCUT2D eigenvalue weighted by molar-refractivity contribution is 5.94. The van der Waals surface area contributed by atoms with Crippen molar-refractivity contribution in [2.75, 3.05) is 24.5 Å². The van der Waals surface area contributed by atoms with E-state index in [0.717, 1.165) is 32.7 Å². The highest BCUT2D eigenvalue weighted by Gasteiger charge is 2.28. The predicted molar refractivity (Wildman–Crippen MR) is 155 cm³/mol. The van der Waals surface area contributed by atoms with Gasteiger partial charge in [-0.15, -0.1) is 0 Å². The summed E-state index contributed by atoms with van der Waals surface area (Å²) in [7, 11) is 0. The number of imidazole rings is 1. The molecule has 37 heavy (non-hydrogen) atoms. The van der Waals surface area contributed by atoms with Gasteiger partial charge < -0.3 is 9.47 Å². The highest BCUT2D eigenvalue weighted by atomic mass is 15.3. The van der Waals surface area contributed by atoms with Crippen molar-refractivity contribution in [2.45, 2.75) is 45.3 Å². The molecule has 4 nitrogen and oxygen atoms in total.